The summed E-state index contributed by atoms with van der Waals surface area (Å²) in [5, 5.41) is 30.3. The number of nitrogens with one attached hydrogen (secondary N) is 1. The van der Waals surface area contributed by atoms with Crippen LogP contribution in [0.5, 0.6) is 0 Å². The van der Waals surface area contributed by atoms with Crippen LogP contribution < -0.4 is 5.73 Å². The first-order valence-corrected chi connectivity index (χ1v) is 7.28. The minimum absolute atomic E-state index is 0.0184. The maximum absolute atomic E-state index is 12.4. The Hall–Kier alpha value is -2.10. The first-order valence-electron chi connectivity index (χ1n) is 6.87. The lowest BCUT2D eigenvalue weighted by atomic mass is 9.94. The summed E-state index contributed by atoms with van der Waals surface area (Å²) >= 11 is 5.07. The van der Waals surface area contributed by atoms with Gasteiger partial charge in [0.25, 0.3) is 0 Å². The molecule has 1 aliphatic heterocycles. The molecular formula is C13H14FN5O4S. The fourth-order valence-electron chi connectivity index (χ4n) is 2.64. The first kappa shape index (κ1) is 16.7. The summed E-state index contributed by atoms with van der Waals surface area (Å²) in [5.74, 6) is 4.36. The van der Waals surface area contributed by atoms with Crippen molar-refractivity contribution < 1.29 is 24.4 Å². The Labute approximate surface area is 139 Å². The van der Waals surface area contributed by atoms with E-state index >= 15 is 0 Å². The molecule has 11 heteroatoms. The molecule has 1 aliphatic rings. The number of nitrogens with two attached hydrogens (primary N) is 1. The summed E-state index contributed by atoms with van der Waals surface area (Å²) in [7, 11) is 0. The van der Waals surface area contributed by atoms with E-state index in [0.29, 0.717) is 5.52 Å². The van der Waals surface area contributed by atoms with Crippen molar-refractivity contribution in [1.29, 1.82) is 0 Å². The van der Waals surface area contributed by atoms with E-state index in [4.69, 9.17) is 22.7 Å². The number of aromatic amines is 1. The summed E-state index contributed by atoms with van der Waals surface area (Å²) in [6.45, 7) is -1.58. The van der Waals surface area contributed by atoms with E-state index in [-0.39, 0.29) is 16.2 Å². The Morgan fingerprint density at radius 2 is 2.33 bits per heavy atom. The van der Waals surface area contributed by atoms with Crippen LogP contribution in [0.2, 0.25) is 0 Å². The van der Waals surface area contributed by atoms with Crippen LogP contribution in [0.3, 0.4) is 0 Å². The zero-order valence-corrected chi connectivity index (χ0v) is 13.0. The minimum atomic E-state index is -2.17. The molecule has 0 radical (unpaired) electrons. The first-order chi connectivity index (χ1) is 11.4. The van der Waals surface area contributed by atoms with E-state index in [1.165, 1.54) is 10.9 Å². The molecule has 6 N–H and O–H groups in total. The number of nitrogen functional groups attached to an aromatic ring is 1. The third-order valence-corrected chi connectivity index (χ3v) is 4.02. The van der Waals surface area contributed by atoms with Crippen molar-refractivity contribution in [3.8, 4) is 11.8 Å². The van der Waals surface area contributed by atoms with Gasteiger partial charge in [0.2, 0.25) is 0 Å². The van der Waals surface area contributed by atoms with Crippen molar-refractivity contribution in [1.82, 2.24) is 19.5 Å². The fourth-order valence-corrected chi connectivity index (χ4v) is 2.88. The van der Waals surface area contributed by atoms with Gasteiger partial charge in [0, 0.05) is 0 Å². The second-order valence-electron chi connectivity index (χ2n) is 5.19. The molecule has 0 bridgehead atoms. The van der Waals surface area contributed by atoms with E-state index in [2.05, 4.69) is 26.8 Å². The average molecular weight is 355 g/mol. The molecule has 2 aromatic heterocycles. The van der Waals surface area contributed by atoms with Gasteiger partial charge in [-0.05, 0) is 0 Å². The molecule has 0 aromatic carbocycles. The molecule has 0 amide bonds. The monoisotopic (exact) mass is 355 g/mol. The Morgan fingerprint density at radius 1 is 1.58 bits per heavy atom. The summed E-state index contributed by atoms with van der Waals surface area (Å²) in [6, 6.07) is 0. The van der Waals surface area contributed by atoms with E-state index in [1.807, 2.05) is 0 Å². The maximum atomic E-state index is 12.4. The van der Waals surface area contributed by atoms with Gasteiger partial charge in [-0.3, -0.25) is 4.57 Å². The number of aliphatic hydroxyl groups is 3. The van der Waals surface area contributed by atoms with Crippen LogP contribution in [0.15, 0.2) is 6.33 Å². The van der Waals surface area contributed by atoms with Crippen molar-refractivity contribution in [3.05, 3.63) is 11.0 Å². The second-order valence-corrected chi connectivity index (χ2v) is 5.58. The highest BCUT2D eigenvalue weighted by molar-refractivity contribution is 7.71. The van der Waals surface area contributed by atoms with Gasteiger partial charge in [0.15, 0.2) is 22.4 Å². The Morgan fingerprint density at radius 3 is 3.00 bits per heavy atom. The Balaban J connectivity index is 2.18. The highest BCUT2D eigenvalue weighted by atomic mass is 32.1. The molecule has 9 nitrogen and oxygen atoms in total. The number of hydrogen-bond donors (Lipinski definition) is 5. The van der Waals surface area contributed by atoms with Crippen molar-refractivity contribution >= 4 is 29.3 Å². The van der Waals surface area contributed by atoms with E-state index in [0.717, 1.165) is 0 Å². The van der Waals surface area contributed by atoms with Crippen LogP contribution in [-0.4, -0.2) is 65.9 Å². The summed E-state index contributed by atoms with van der Waals surface area (Å²) in [5.41, 5.74) is 4.05. The maximum Gasteiger partial charge on any atom is 0.200 e. The normalized spacial score (nSPS) is 29.6. The van der Waals surface area contributed by atoms with Crippen LogP contribution in [0.25, 0.3) is 11.2 Å². The van der Waals surface area contributed by atoms with E-state index in [1.54, 1.807) is 0 Å². The molecule has 2 aromatic rings. The van der Waals surface area contributed by atoms with Crippen LogP contribution in [0, 0.1) is 16.5 Å². The number of alkyl halides is 1. The minimum Gasteiger partial charge on any atom is -0.394 e. The van der Waals surface area contributed by atoms with Gasteiger partial charge in [-0.15, -0.1) is 0 Å². The summed E-state index contributed by atoms with van der Waals surface area (Å²) < 4.78 is 19.4. The molecule has 0 spiro atoms. The third-order valence-electron chi connectivity index (χ3n) is 3.74. The SMILES string of the molecule is Nc1nc(=S)c2ncn([C@@H]3O[C@H](CO)C(O)[C@]3(O)C#CCF)c2[nH]1. The standard InChI is InChI=1S/C13H14FN5O4S/c14-3-1-2-13(22)8(21)6(4-20)23-11(13)19-5-16-7-9(19)17-12(15)18-10(7)24/h5-6,8,11,20-22H,3-4H2,(H3,15,17,18,24)/t6-,8?,11-,13-/m1/s1. The second kappa shape index (κ2) is 6.08. The quantitative estimate of drug-likeness (QED) is 0.342. The molecular weight excluding hydrogens is 341 g/mol. The van der Waals surface area contributed by atoms with Crippen LogP contribution in [0.4, 0.5) is 10.3 Å². The molecule has 24 heavy (non-hydrogen) atoms. The molecule has 128 valence electrons. The summed E-state index contributed by atoms with van der Waals surface area (Å²) in [4.78, 5) is 10.7. The number of nitrogens with zero attached hydrogens (tertiary/aromatic N) is 3. The molecule has 1 fully saturated rings. The fraction of sp³-hybridized carbons (Fsp3) is 0.462. The highest BCUT2D eigenvalue weighted by Gasteiger charge is 2.55. The number of H-pyrrole nitrogens is 1. The average Bonchev–Trinajstić information content (AvgIpc) is 3.06. The van der Waals surface area contributed by atoms with Gasteiger partial charge in [0.05, 0.1) is 12.9 Å². The third kappa shape index (κ3) is 2.45. The predicted octanol–water partition coefficient (Wildman–Crippen LogP) is -0.974. The van der Waals surface area contributed by atoms with Gasteiger partial charge in [-0.25, -0.2) is 14.4 Å². The highest BCUT2D eigenvalue weighted by Crippen LogP contribution is 2.39. The number of ether oxygens (including phenoxy) is 1. The van der Waals surface area contributed by atoms with Crippen molar-refractivity contribution in [2.24, 2.45) is 0 Å². The number of imidazole rings is 1. The number of aromatic nitrogens is 4. The largest absolute Gasteiger partial charge is 0.394 e. The topological polar surface area (TPSA) is 142 Å². The molecule has 1 unspecified atom stereocenters. The molecule has 0 aliphatic carbocycles. The molecule has 3 heterocycles. The molecule has 3 rings (SSSR count). The Kier molecular flexibility index (Phi) is 4.24. The smallest absolute Gasteiger partial charge is 0.200 e. The number of rotatable bonds is 2. The Bertz CT molecular complexity index is 890. The summed E-state index contributed by atoms with van der Waals surface area (Å²) in [6.07, 6.45) is -2.67. The van der Waals surface area contributed by atoms with Gasteiger partial charge in [0.1, 0.15) is 30.0 Å². The van der Waals surface area contributed by atoms with Crippen LogP contribution in [0.1, 0.15) is 6.23 Å². The lowest BCUT2D eigenvalue weighted by Gasteiger charge is -2.26. The van der Waals surface area contributed by atoms with Crippen molar-refractivity contribution in [2.75, 3.05) is 19.0 Å². The van der Waals surface area contributed by atoms with Gasteiger partial charge >= 0.3 is 0 Å². The molecule has 1 saturated heterocycles. The number of anilines is 1. The van der Waals surface area contributed by atoms with Gasteiger partial charge in [-0.1, -0.05) is 24.1 Å². The number of halogens is 1. The number of hydrogen-bond acceptors (Lipinski definition) is 8. The van der Waals surface area contributed by atoms with Gasteiger partial charge < -0.3 is 30.8 Å². The molecule has 4 atom stereocenters. The predicted molar refractivity (Wildman–Crippen MR) is 82.8 cm³/mol. The lowest BCUT2D eigenvalue weighted by molar-refractivity contribution is -0.0722. The van der Waals surface area contributed by atoms with Crippen LogP contribution >= 0.6 is 12.2 Å². The number of fused-ring (bicyclic) bond motifs is 1. The molecule has 0 saturated carbocycles. The van der Waals surface area contributed by atoms with Gasteiger partial charge in [-0.2, -0.15) is 0 Å². The number of aliphatic hydroxyl groups excluding tert-OH is 2. The van der Waals surface area contributed by atoms with Crippen molar-refractivity contribution in [3.63, 3.8) is 0 Å². The van der Waals surface area contributed by atoms with E-state index in [9.17, 15) is 19.7 Å². The van der Waals surface area contributed by atoms with E-state index < -0.39 is 37.3 Å². The zero-order chi connectivity index (χ0) is 17.5. The zero-order valence-electron chi connectivity index (χ0n) is 12.2. The van der Waals surface area contributed by atoms with Crippen LogP contribution in [-0.2, 0) is 4.74 Å². The van der Waals surface area contributed by atoms with Crippen molar-refractivity contribution in [2.45, 2.75) is 24.0 Å². The lowest BCUT2D eigenvalue weighted by Crippen LogP contribution is -2.46.